The third-order valence-corrected chi connectivity index (χ3v) is 11.0. The largest absolute Gasteiger partial charge is 0.309 e. The van der Waals surface area contributed by atoms with Crippen molar-refractivity contribution in [2.45, 2.75) is 89.4 Å². The van der Waals surface area contributed by atoms with E-state index < -0.39 is 0 Å². The van der Waals surface area contributed by atoms with Crippen LogP contribution in [0.5, 0.6) is 0 Å². The van der Waals surface area contributed by atoms with Crippen molar-refractivity contribution in [3.05, 3.63) is 168 Å². The lowest BCUT2D eigenvalue weighted by Crippen LogP contribution is -2.04. The van der Waals surface area contributed by atoms with Crippen LogP contribution in [-0.2, 0) is 6.42 Å². The highest BCUT2D eigenvalue weighted by molar-refractivity contribution is 6.10. The van der Waals surface area contributed by atoms with Crippen molar-refractivity contribution in [3.63, 3.8) is 0 Å². The molecule has 49 heavy (non-hydrogen) atoms. The maximum atomic E-state index is 3.85. The van der Waals surface area contributed by atoms with E-state index in [0.717, 1.165) is 12.0 Å². The Labute approximate surface area is 294 Å². The van der Waals surface area contributed by atoms with E-state index in [1.54, 1.807) is 0 Å². The summed E-state index contributed by atoms with van der Waals surface area (Å²) < 4.78 is 2.52. The normalized spacial score (nSPS) is 17.2. The highest BCUT2D eigenvalue weighted by Gasteiger charge is 2.21. The van der Waals surface area contributed by atoms with Gasteiger partial charge in [0.1, 0.15) is 0 Å². The van der Waals surface area contributed by atoms with Gasteiger partial charge in [0.2, 0.25) is 0 Å². The first-order chi connectivity index (χ1) is 24.2. The molecule has 0 bridgehead atoms. The molecular weight excluding hydrogens is 591 g/mol. The predicted molar refractivity (Wildman–Crippen MR) is 213 cm³/mol. The number of nitrogens with zero attached hydrogens (tertiary/aromatic N) is 1. The quantitative estimate of drug-likeness (QED) is 0.134. The number of fused-ring (bicyclic) bond motifs is 3. The van der Waals surface area contributed by atoms with Gasteiger partial charge < -0.3 is 4.57 Å². The Morgan fingerprint density at radius 2 is 1.31 bits per heavy atom. The molecule has 248 valence electrons. The van der Waals surface area contributed by atoms with E-state index in [4.69, 9.17) is 0 Å². The molecule has 2 fully saturated rings. The second-order valence-electron chi connectivity index (χ2n) is 14.2. The molecule has 0 spiro atoms. The summed E-state index contributed by atoms with van der Waals surface area (Å²) in [6.45, 7) is 5.94. The molecule has 0 amide bonds. The van der Waals surface area contributed by atoms with Crippen LogP contribution in [-0.4, -0.2) is 4.57 Å². The monoisotopic (exact) mass is 641 g/mol. The first-order valence-corrected chi connectivity index (χ1v) is 18.8. The zero-order valence-electron chi connectivity index (χ0n) is 29.3. The summed E-state index contributed by atoms with van der Waals surface area (Å²) in [7, 11) is 0. The van der Waals surface area contributed by atoms with Crippen molar-refractivity contribution < 1.29 is 0 Å². The molecule has 0 radical (unpaired) electrons. The van der Waals surface area contributed by atoms with Crippen LogP contribution in [0.15, 0.2) is 146 Å². The van der Waals surface area contributed by atoms with Gasteiger partial charge in [-0.05, 0) is 121 Å². The van der Waals surface area contributed by atoms with Crippen LogP contribution in [0.4, 0.5) is 0 Å². The van der Waals surface area contributed by atoms with Crippen LogP contribution in [0.25, 0.3) is 33.1 Å². The third-order valence-electron chi connectivity index (χ3n) is 11.0. The summed E-state index contributed by atoms with van der Waals surface area (Å²) in [6.07, 6.45) is 29.3. The summed E-state index contributed by atoms with van der Waals surface area (Å²) in [5, 5.41) is 2.82. The molecule has 2 saturated carbocycles. The number of hydrogen-bond donors (Lipinski definition) is 0. The fraction of sp³-hybridized carbons (Fsp3) is 0.292. The minimum Gasteiger partial charge on any atom is -0.309 e. The number of hydrogen-bond acceptors (Lipinski definition) is 0. The number of allylic oxidation sites excluding steroid dienone is 9. The molecule has 2 aliphatic carbocycles. The van der Waals surface area contributed by atoms with Gasteiger partial charge in [-0.25, -0.2) is 0 Å². The fourth-order valence-electron chi connectivity index (χ4n) is 8.28. The first kappa shape index (κ1) is 32.9. The van der Waals surface area contributed by atoms with E-state index in [1.807, 2.05) is 12.2 Å². The second kappa shape index (κ2) is 15.7. The van der Waals surface area contributed by atoms with Crippen molar-refractivity contribution >= 4 is 27.4 Å². The van der Waals surface area contributed by atoms with Crippen molar-refractivity contribution in [1.29, 1.82) is 0 Å². The Morgan fingerprint density at radius 1 is 0.673 bits per heavy atom. The summed E-state index contributed by atoms with van der Waals surface area (Å²) in [5.74, 6) is 1.38. The maximum absolute atomic E-state index is 3.85. The van der Waals surface area contributed by atoms with Gasteiger partial charge in [-0.3, -0.25) is 0 Å². The predicted octanol–water partition coefficient (Wildman–Crippen LogP) is 13.7. The summed E-state index contributed by atoms with van der Waals surface area (Å²) in [5.41, 5.74) is 11.8. The highest BCUT2D eigenvalue weighted by atomic mass is 15.0. The second-order valence-corrected chi connectivity index (χ2v) is 14.2. The molecule has 1 aromatic heterocycles. The lowest BCUT2D eigenvalue weighted by Gasteiger charge is -2.22. The lowest BCUT2D eigenvalue weighted by atomic mass is 9.83. The van der Waals surface area contributed by atoms with E-state index >= 15 is 0 Å². The summed E-state index contributed by atoms with van der Waals surface area (Å²) >= 11 is 0. The standard InChI is InChI=1S/C48H51N/c1-3-5-16-36(4-2)25-27-40(28-26-37-17-9-6-10-18-37)41-23-15-24-44(33-41)49-47-31-29-42(38-19-11-7-12-20-38)34-45(47)46-35-43(30-32-48(46)49)39-21-13-8-14-22-39/h3-6,9-10,15-18,23-25,27-35,38-39H,1,7-8,11-14,19-22,26H2,2H3/b16-5-,27-25+,36-4+,40-28+. The van der Waals surface area contributed by atoms with Crippen molar-refractivity contribution in [1.82, 2.24) is 4.57 Å². The van der Waals surface area contributed by atoms with Crippen LogP contribution < -0.4 is 0 Å². The third kappa shape index (κ3) is 7.52. The zero-order valence-corrected chi connectivity index (χ0v) is 29.3. The average Bonchev–Trinajstić information content (AvgIpc) is 3.50. The molecule has 2 aliphatic rings. The van der Waals surface area contributed by atoms with Crippen molar-refractivity contribution in [2.24, 2.45) is 0 Å². The van der Waals surface area contributed by atoms with Gasteiger partial charge in [-0.15, -0.1) is 0 Å². The summed E-state index contributed by atoms with van der Waals surface area (Å²) in [6, 6.07) is 34.7. The van der Waals surface area contributed by atoms with Gasteiger partial charge in [-0.2, -0.15) is 0 Å². The van der Waals surface area contributed by atoms with Crippen LogP contribution in [0.3, 0.4) is 0 Å². The van der Waals surface area contributed by atoms with Gasteiger partial charge in [0.25, 0.3) is 0 Å². The molecule has 1 heterocycles. The molecular formula is C48H51N. The molecule has 7 rings (SSSR count). The van der Waals surface area contributed by atoms with Crippen molar-refractivity contribution in [2.75, 3.05) is 0 Å². The smallest absolute Gasteiger partial charge is 0.0541 e. The first-order valence-electron chi connectivity index (χ1n) is 18.8. The Hall–Kier alpha value is -4.62. The number of aromatic nitrogens is 1. The lowest BCUT2D eigenvalue weighted by molar-refractivity contribution is 0.444. The fourth-order valence-corrected chi connectivity index (χ4v) is 8.28. The highest BCUT2D eigenvalue weighted by Crippen LogP contribution is 2.41. The molecule has 0 unspecified atom stereocenters. The Bertz CT molecular complexity index is 1940. The van der Waals surface area contributed by atoms with E-state index in [1.165, 1.54) is 120 Å². The van der Waals surface area contributed by atoms with Crippen molar-refractivity contribution in [3.8, 4) is 5.69 Å². The Morgan fingerprint density at radius 3 is 1.90 bits per heavy atom. The average molecular weight is 642 g/mol. The Balaban J connectivity index is 1.34. The van der Waals surface area contributed by atoms with Crippen LogP contribution in [0.2, 0.25) is 0 Å². The molecule has 5 aromatic rings. The molecule has 4 aromatic carbocycles. The molecule has 0 aliphatic heterocycles. The number of rotatable bonds is 10. The van der Waals surface area contributed by atoms with Gasteiger partial charge in [0.05, 0.1) is 11.0 Å². The summed E-state index contributed by atoms with van der Waals surface area (Å²) in [4.78, 5) is 0. The van der Waals surface area contributed by atoms with E-state index in [0.29, 0.717) is 11.8 Å². The Kier molecular flexibility index (Phi) is 10.6. The molecule has 0 atom stereocenters. The van der Waals surface area contributed by atoms with Crippen LogP contribution >= 0.6 is 0 Å². The SMILES string of the molecule is C=C\C=C/C(/C=C/C(=C\Cc1ccccc1)c1cccc(-n2c3ccc(C4CCCCC4)cc3c3cc(C4CCCCC4)ccc32)c1)=C\C. The van der Waals surface area contributed by atoms with Gasteiger partial charge >= 0.3 is 0 Å². The van der Waals surface area contributed by atoms with Gasteiger partial charge in [-0.1, -0.05) is 142 Å². The molecule has 0 saturated heterocycles. The minimum absolute atomic E-state index is 0.689. The van der Waals surface area contributed by atoms with Crippen LogP contribution in [0.1, 0.15) is 105 Å². The zero-order chi connectivity index (χ0) is 33.4. The topological polar surface area (TPSA) is 4.93 Å². The van der Waals surface area contributed by atoms with Gasteiger partial charge in [0.15, 0.2) is 0 Å². The maximum Gasteiger partial charge on any atom is 0.0541 e. The van der Waals surface area contributed by atoms with Gasteiger partial charge in [0, 0.05) is 16.5 Å². The molecule has 0 N–H and O–H groups in total. The molecule has 1 heteroatoms. The molecule has 1 nitrogen and oxygen atoms in total. The minimum atomic E-state index is 0.689. The number of benzene rings is 4. The van der Waals surface area contributed by atoms with Crippen LogP contribution in [0, 0.1) is 0 Å². The van der Waals surface area contributed by atoms with E-state index in [2.05, 4.69) is 139 Å². The van der Waals surface area contributed by atoms with E-state index in [-0.39, 0.29) is 0 Å². The van der Waals surface area contributed by atoms with E-state index in [9.17, 15) is 0 Å².